The van der Waals surface area contributed by atoms with E-state index in [2.05, 4.69) is 51.2 Å². The number of methoxy groups -OCH3 is 1. The second kappa shape index (κ2) is 6.69. The van der Waals surface area contributed by atoms with Gasteiger partial charge < -0.3 is 10.5 Å². The molecule has 0 aromatic heterocycles. The highest BCUT2D eigenvalue weighted by Crippen LogP contribution is 2.37. The Morgan fingerprint density at radius 1 is 1.35 bits per heavy atom. The summed E-state index contributed by atoms with van der Waals surface area (Å²) in [5, 5.41) is 2.10. The fourth-order valence-electron chi connectivity index (χ4n) is 1.83. The molecule has 1 aliphatic rings. The van der Waals surface area contributed by atoms with E-state index >= 15 is 0 Å². The molecule has 1 aliphatic heterocycles. The topological polar surface area (TPSA) is 35.2 Å². The second-order valence-corrected chi connectivity index (χ2v) is 8.62. The Morgan fingerprint density at radius 2 is 2.00 bits per heavy atom. The molecular formula is C13H27NOS2. The Balaban J connectivity index is 2.35. The van der Waals surface area contributed by atoms with Gasteiger partial charge in [0, 0.05) is 34.7 Å². The largest absolute Gasteiger partial charge is 0.379 e. The van der Waals surface area contributed by atoms with Crippen LogP contribution in [-0.2, 0) is 4.74 Å². The molecule has 0 saturated carbocycles. The Kier molecular flexibility index (Phi) is 6.17. The smallest absolute Gasteiger partial charge is 0.0623 e. The first-order valence-electron chi connectivity index (χ1n) is 6.43. The average Bonchev–Trinajstić information content (AvgIpc) is 2.30. The fraction of sp³-hybridized carbons (Fsp3) is 1.00. The van der Waals surface area contributed by atoms with E-state index in [-0.39, 0.29) is 5.60 Å². The van der Waals surface area contributed by atoms with Crippen LogP contribution in [0.1, 0.15) is 40.5 Å². The Morgan fingerprint density at radius 3 is 2.53 bits per heavy atom. The molecule has 0 aliphatic carbocycles. The molecule has 1 fully saturated rings. The zero-order valence-corrected chi connectivity index (χ0v) is 13.4. The monoisotopic (exact) mass is 277 g/mol. The maximum atomic E-state index is 6.33. The van der Waals surface area contributed by atoms with Gasteiger partial charge >= 0.3 is 0 Å². The second-order valence-electron chi connectivity index (χ2n) is 5.58. The number of thioether (sulfide) groups is 2. The van der Waals surface area contributed by atoms with E-state index in [4.69, 9.17) is 10.5 Å². The van der Waals surface area contributed by atoms with Gasteiger partial charge in [-0.1, -0.05) is 13.8 Å². The predicted octanol–water partition coefficient (Wildman–Crippen LogP) is 3.14. The summed E-state index contributed by atoms with van der Waals surface area (Å²) in [4.78, 5) is 0. The summed E-state index contributed by atoms with van der Waals surface area (Å²) in [7, 11) is 1.78. The van der Waals surface area contributed by atoms with Gasteiger partial charge in [-0.25, -0.2) is 0 Å². The Hall–Kier alpha value is 0.620. The molecule has 4 atom stereocenters. The summed E-state index contributed by atoms with van der Waals surface area (Å²) in [5.41, 5.74) is 6.29. The summed E-state index contributed by atoms with van der Waals surface area (Å²) in [5.74, 6) is 1.20. The lowest BCUT2D eigenvalue weighted by molar-refractivity contribution is 0.0126. The standard InChI is InChI=1S/C13H27NOS2/c1-9-10(2)17-12(8-16-9)11(14)6-7-13(3,4)15-5/h9-12H,6-8,14H2,1-5H3. The first-order chi connectivity index (χ1) is 7.85. The van der Waals surface area contributed by atoms with Crippen molar-refractivity contribution in [3.05, 3.63) is 0 Å². The van der Waals surface area contributed by atoms with Gasteiger partial charge in [0.15, 0.2) is 0 Å². The molecule has 0 radical (unpaired) electrons. The van der Waals surface area contributed by atoms with Crippen LogP contribution < -0.4 is 5.73 Å². The van der Waals surface area contributed by atoms with Crippen molar-refractivity contribution in [1.29, 1.82) is 0 Å². The first-order valence-corrected chi connectivity index (χ1v) is 8.42. The predicted molar refractivity (Wildman–Crippen MR) is 81.1 cm³/mol. The molecule has 0 aromatic carbocycles. The third kappa shape index (κ3) is 5.01. The molecule has 2 N–H and O–H groups in total. The van der Waals surface area contributed by atoms with Crippen LogP contribution in [0.15, 0.2) is 0 Å². The Bertz CT molecular complexity index is 235. The molecular weight excluding hydrogens is 250 g/mol. The molecule has 4 heteroatoms. The van der Waals surface area contributed by atoms with Crippen LogP contribution in [0.2, 0.25) is 0 Å². The fourth-order valence-corrected chi connectivity index (χ4v) is 4.93. The highest BCUT2D eigenvalue weighted by molar-refractivity contribution is 8.07. The summed E-state index contributed by atoms with van der Waals surface area (Å²) in [6.07, 6.45) is 2.09. The Labute approximate surface area is 115 Å². The highest BCUT2D eigenvalue weighted by atomic mass is 32.2. The lowest BCUT2D eigenvalue weighted by Crippen LogP contribution is -2.41. The maximum absolute atomic E-state index is 6.33. The van der Waals surface area contributed by atoms with Gasteiger partial charge in [-0.15, -0.1) is 0 Å². The molecule has 0 bridgehead atoms. The molecule has 2 nitrogen and oxygen atoms in total. The normalized spacial score (nSPS) is 32.5. The van der Waals surface area contributed by atoms with Crippen molar-refractivity contribution in [3.63, 3.8) is 0 Å². The van der Waals surface area contributed by atoms with Crippen molar-refractivity contribution < 1.29 is 4.74 Å². The van der Waals surface area contributed by atoms with Gasteiger partial charge in [0.25, 0.3) is 0 Å². The minimum atomic E-state index is -0.0387. The van der Waals surface area contributed by atoms with Gasteiger partial charge in [-0.2, -0.15) is 23.5 Å². The van der Waals surface area contributed by atoms with E-state index in [0.717, 1.165) is 23.3 Å². The minimum absolute atomic E-state index is 0.0387. The van der Waals surface area contributed by atoms with Crippen molar-refractivity contribution in [3.8, 4) is 0 Å². The van der Waals surface area contributed by atoms with Gasteiger partial charge in [0.05, 0.1) is 5.60 Å². The van der Waals surface area contributed by atoms with Crippen LogP contribution in [-0.4, -0.2) is 40.3 Å². The van der Waals surface area contributed by atoms with Crippen molar-refractivity contribution in [2.45, 2.75) is 67.9 Å². The summed E-state index contributed by atoms with van der Waals surface area (Å²) < 4.78 is 5.45. The van der Waals surface area contributed by atoms with Crippen molar-refractivity contribution in [2.24, 2.45) is 5.73 Å². The lowest BCUT2D eigenvalue weighted by atomic mass is 9.98. The van der Waals surface area contributed by atoms with E-state index in [1.807, 2.05) is 0 Å². The molecule has 17 heavy (non-hydrogen) atoms. The third-order valence-electron chi connectivity index (χ3n) is 3.68. The van der Waals surface area contributed by atoms with Crippen LogP contribution in [0.4, 0.5) is 0 Å². The molecule has 1 rings (SSSR count). The van der Waals surface area contributed by atoms with Crippen LogP contribution in [0, 0.1) is 0 Å². The molecule has 1 heterocycles. The summed E-state index contributed by atoms with van der Waals surface area (Å²) in [6.45, 7) is 8.90. The van der Waals surface area contributed by atoms with Crippen LogP contribution in [0.3, 0.4) is 0 Å². The van der Waals surface area contributed by atoms with E-state index < -0.39 is 0 Å². The van der Waals surface area contributed by atoms with Gasteiger partial charge in [-0.3, -0.25) is 0 Å². The zero-order valence-electron chi connectivity index (χ0n) is 11.7. The average molecular weight is 277 g/mol. The van der Waals surface area contributed by atoms with Gasteiger partial charge in [-0.05, 0) is 26.7 Å². The molecule has 0 amide bonds. The number of rotatable bonds is 5. The number of hydrogen-bond acceptors (Lipinski definition) is 4. The summed E-state index contributed by atoms with van der Waals surface area (Å²) in [6, 6.07) is 0.303. The minimum Gasteiger partial charge on any atom is -0.379 e. The maximum Gasteiger partial charge on any atom is 0.0623 e. The molecule has 1 saturated heterocycles. The molecule has 102 valence electrons. The third-order valence-corrected chi connectivity index (χ3v) is 7.26. The number of ether oxygens (including phenoxy) is 1. The van der Waals surface area contributed by atoms with Crippen LogP contribution in [0.5, 0.6) is 0 Å². The van der Waals surface area contributed by atoms with Gasteiger partial charge in [0.1, 0.15) is 0 Å². The molecule has 0 spiro atoms. The molecule has 0 aromatic rings. The number of hydrogen-bond donors (Lipinski definition) is 1. The van der Waals surface area contributed by atoms with Crippen LogP contribution >= 0.6 is 23.5 Å². The van der Waals surface area contributed by atoms with E-state index in [1.165, 1.54) is 5.75 Å². The molecule has 4 unspecified atom stereocenters. The van der Waals surface area contributed by atoms with Crippen molar-refractivity contribution in [1.82, 2.24) is 0 Å². The van der Waals surface area contributed by atoms with E-state index in [1.54, 1.807) is 7.11 Å². The van der Waals surface area contributed by atoms with Crippen molar-refractivity contribution in [2.75, 3.05) is 12.9 Å². The van der Waals surface area contributed by atoms with Gasteiger partial charge in [0.2, 0.25) is 0 Å². The van der Waals surface area contributed by atoms with Crippen molar-refractivity contribution >= 4 is 23.5 Å². The van der Waals surface area contributed by atoms with E-state index in [0.29, 0.717) is 11.3 Å². The summed E-state index contributed by atoms with van der Waals surface area (Å²) >= 11 is 4.14. The number of nitrogens with two attached hydrogens (primary N) is 1. The highest BCUT2D eigenvalue weighted by Gasteiger charge is 2.30. The van der Waals surface area contributed by atoms with Crippen LogP contribution in [0.25, 0.3) is 0 Å². The van der Waals surface area contributed by atoms with E-state index in [9.17, 15) is 0 Å². The SMILES string of the molecule is COC(C)(C)CCC(N)C1CSC(C)C(C)S1. The lowest BCUT2D eigenvalue weighted by Gasteiger charge is -2.35. The zero-order chi connectivity index (χ0) is 13.1. The first kappa shape index (κ1) is 15.7. The quantitative estimate of drug-likeness (QED) is 0.837.